The van der Waals surface area contributed by atoms with Crippen molar-refractivity contribution < 1.29 is 27.5 Å². The molecule has 0 aromatic heterocycles. The molecule has 0 aliphatic heterocycles. The van der Waals surface area contributed by atoms with Crippen molar-refractivity contribution in [1.29, 1.82) is 0 Å². The predicted octanol–water partition coefficient (Wildman–Crippen LogP) is 3.08. The smallest absolute Gasteiger partial charge is 0.438 e. The molecule has 9 heteroatoms. The summed E-state index contributed by atoms with van der Waals surface area (Å²) < 4.78 is 46.2. The Morgan fingerprint density at radius 2 is 1.57 bits per heavy atom. The molecule has 1 atom stereocenters. The number of aryl methyl sites for hydroxylation is 2. The number of amides is 1. The van der Waals surface area contributed by atoms with E-state index in [1.165, 1.54) is 18.2 Å². The minimum absolute atomic E-state index is 0.0409. The maximum absolute atomic E-state index is 13.9. The van der Waals surface area contributed by atoms with Crippen LogP contribution in [0.5, 0.6) is 0 Å². The summed E-state index contributed by atoms with van der Waals surface area (Å²) in [4.78, 5) is 24.6. The van der Waals surface area contributed by atoms with Gasteiger partial charge in [-0.1, -0.05) is 35.9 Å². The Hall–Kier alpha value is -3.07. The summed E-state index contributed by atoms with van der Waals surface area (Å²) in [5.74, 6) is -2.82. The van der Waals surface area contributed by atoms with Crippen LogP contribution < -0.4 is 16.2 Å². The molecule has 2 rings (SSSR count). The van der Waals surface area contributed by atoms with E-state index in [0.717, 1.165) is 12.7 Å². The lowest BCUT2D eigenvalue weighted by atomic mass is 10.1. The number of hydrazine groups is 1. The maximum atomic E-state index is 13.9. The van der Waals surface area contributed by atoms with Gasteiger partial charge < -0.3 is 15.5 Å². The van der Waals surface area contributed by atoms with Crippen LogP contribution in [0.3, 0.4) is 0 Å². The number of halogens is 3. The van der Waals surface area contributed by atoms with Gasteiger partial charge in [0.1, 0.15) is 0 Å². The maximum Gasteiger partial charge on any atom is 0.438 e. The average Bonchev–Trinajstić information content (AvgIpc) is 2.65. The molecule has 0 saturated heterocycles. The van der Waals surface area contributed by atoms with Crippen molar-refractivity contribution in [2.45, 2.75) is 25.7 Å². The van der Waals surface area contributed by atoms with Gasteiger partial charge in [-0.2, -0.15) is 18.6 Å². The number of ether oxygens (including phenoxy) is 1. The fourth-order valence-electron chi connectivity index (χ4n) is 2.37. The average molecular weight is 395 g/mol. The van der Waals surface area contributed by atoms with Crippen LogP contribution in [0, 0.1) is 13.8 Å². The van der Waals surface area contributed by atoms with Crippen LogP contribution in [0.1, 0.15) is 21.5 Å². The van der Waals surface area contributed by atoms with E-state index in [0.29, 0.717) is 11.3 Å². The van der Waals surface area contributed by atoms with Crippen LogP contribution in [-0.4, -0.2) is 30.8 Å². The molecule has 0 spiro atoms. The van der Waals surface area contributed by atoms with E-state index < -0.39 is 23.7 Å². The molecule has 0 radical (unpaired) electrons. The fourth-order valence-corrected chi connectivity index (χ4v) is 2.37. The van der Waals surface area contributed by atoms with Gasteiger partial charge in [0, 0.05) is 5.56 Å². The van der Waals surface area contributed by atoms with Crippen molar-refractivity contribution in [3.63, 3.8) is 0 Å². The summed E-state index contributed by atoms with van der Waals surface area (Å²) in [5, 5.41) is 1.73. The number of methoxy groups -OCH3 is 1. The van der Waals surface area contributed by atoms with Crippen LogP contribution in [-0.2, 0) is 9.53 Å². The monoisotopic (exact) mass is 395 g/mol. The SMILES string of the molecule is COC(=O)C(NNc1ccccc1C)(NC(=O)c1ccc(C)cc1)C(F)(F)F. The second kappa shape index (κ2) is 8.30. The van der Waals surface area contributed by atoms with Gasteiger partial charge in [-0.25, -0.2) is 4.79 Å². The Morgan fingerprint density at radius 3 is 2.11 bits per heavy atom. The quantitative estimate of drug-likeness (QED) is 0.398. The molecule has 0 aliphatic rings. The van der Waals surface area contributed by atoms with Gasteiger partial charge in [0.25, 0.3) is 5.91 Å². The van der Waals surface area contributed by atoms with Gasteiger partial charge in [-0.3, -0.25) is 4.79 Å². The highest BCUT2D eigenvalue weighted by Gasteiger charge is 2.63. The van der Waals surface area contributed by atoms with Crippen molar-refractivity contribution in [3.05, 3.63) is 65.2 Å². The summed E-state index contributed by atoms with van der Waals surface area (Å²) in [7, 11) is 0.802. The summed E-state index contributed by atoms with van der Waals surface area (Å²) in [6, 6.07) is 12.4. The molecular weight excluding hydrogens is 375 g/mol. The Bertz CT molecular complexity index is 853. The zero-order valence-electron chi connectivity index (χ0n) is 15.5. The van der Waals surface area contributed by atoms with Gasteiger partial charge in [0.2, 0.25) is 0 Å². The first-order chi connectivity index (χ1) is 13.1. The van der Waals surface area contributed by atoms with Crippen LogP contribution in [0.25, 0.3) is 0 Å². The largest absolute Gasteiger partial charge is 0.466 e. The lowest BCUT2D eigenvalue weighted by Crippen LogP contribution is -2.73. The van der Waals surface area contributed by atoms with Gasteiger partial charge in [0.05, 0.1) is 12.8 Å². The Balaban J connectivity index is 2.39. The second-order valence-corrected chi connectivity index (χ2v) is 6.12. The number of rotatable bonds is 6. The zero-order chi connectivity index (χ0) is 20.9. The lowest BCUT2D eigenvalue weighted by molar-refractivity contribution is -0.215. The van der Waals surface area contributed by atoms with E-state index in [-0.39, 0.29) is 5.56 Å². The third kappa shape index (κ3) is 4.42. The van der Waals surface area contributed by atoms with Crippen LogP contribution in [0.4, 0.5) is 18.9 Å². The van der Waals surface area contributed by atoms with Crippen molar-refractivity contribution in [2.75, 3.05) is 12.5 Å². The zero-order valence-corrected chi connectivity index (χ0v) is 15.5. The molecule has 0 saturated carbocycles. The van der Waals surface area contributed by atoms with Gasteiger partial charge in [-0.05, 0) is 37.6 Å². The molecule has 2 aromatic carbocycles. The molecule has 0 bridgehead atoms. The number of carbonyl (C=O) groups excluding carboxylic acids is 2. The van der Waals surface area contributed by atoms with E-state index in [2.05, 4.69) is 10.2 Å². The summed E-state index contributed by atoms with van der Waals surface area (Å²) >= 11 is 0. The molecule has 0 heterocycles. The van der Waals surface area contributed by atoms with E-state index in [9.17, 15) is 22.8 Å². The summed E-state index contributed by atoms with van der Waals surface area (Å²) in [5.41, 5.74) is 2.47. The number of alkyl halides is 3. The Labute approximate surface area is 160 Å². The molecule has 3 N–H and O–H groups in total. The van der Waals surface area contributed by atoms with E-state index in [4.69, 9.17) is 0 Å². The van der Waals surface area contributed by atoms with Crippen LogP contribution >= 0.6 is 0 Å². The second-order valence-electron chi connectivity index (χ2n) is 6.12. The third-order valence-corrected chi connectivity index (χ3v) is 4.06. The number of anilines is 1. The molecule has 150 valence electrons. The molecule has 1 amide bonds. The Kier molecular flexibility index (Phi) is 6.30. The van der Waals surface area contributed by atoms with Crippen molar-refractivity contribution >= 4 is 17.6 Å². The number of para-hydroxylation sites is 1. The number of benzene rings is 2. The normalized spacial score (nSPS) is 13.4. The van der Waals surface area contributed by atoms with E-state index in [1.54, 1.807) is 49.5 Å². The van der Waals surface area contributed by atoms with Crippen molar-refractivity contribution in [3.8, 4) is 0 Å². The number of hydrogen-bond acceptors (Lipinski definition) is 5. The number of hydrogen-bond donors (Lipinski definition) is 3. The molecular formula is C19H20F3N3O3. The molecule has 6 nitrogen and oxygen atoms in total. The number of nitrogens with one attached hydrogen (secondary N) is 3. The third-order valence-electron chi connectivity index (χ3n) is 4.06. The first kappa shape index (κ1) is 21.2. The highest BCUT2D eigenvalue weighted by Crippen LogP contribution is 2.30. The molecule has 1 unspecified atom stereocenters. The van der Waals surface area contributed by atoms with Crippen molar-refractivity contribution in [1.82, 2.24) is 10.7 Å². The highest BCUT2D eigenvalue weighted by atomic mass is 19.4. The highest BCUT2D eigenvalue weighted by molar-refractivity contribution is 5.98. The van der Waals surface area contributed by atoms with Crippen LogP contribution in [0.2, 0.25) is 0 Å². The minimum atomic E-state index is -5.21. The standard InChI is InChI=1S/C19H20F3N3O3/c1-12-8-10-14(11-9-12)16(26)23-18(17(27)28-3,19(20,21)22)25-24-15-7-5-4-6-13(15)2/h4-11,24-25H,1-3H3,(H,23,26). The fraction of sp³-hybridized carbons (Fsp3) is 0.263. The number of esters is 1. The van der Waals surface area contributed by atoms with E-state index >= 15 is 0 Å². The summed E-state index contributed by atoms with van der Waals surface area (Å²) in [6.07, 6.45) is -5.21. The minimum Gasteiger partial charge on any atom is -0.466 e. The molecule has 2 aromatic rings. The summed E-state index contributed by atoms with van der Waals surface area (Å²) in [6.45, 7) is 3.44. The van der Waals surface area contributed by atoms with Gasteiger partial charge >= 0.3 is 17.8 Å². The Morgan fingerprint density at radius 1 is 0.964 bits per heavy atom. The van der Waals surface area contributed by atoms with Gasteiger partial charge in [-0.15, -0.1) is 0 Å². The molecule has 28 heavy (non-hydrogen) atoms. The van der Waals surface area contributed by atoms with Crippen molar-refractivity contribution in [2.24, 2.45) is 0 Å². The first-order valence-corrected chi connectivity index (χ1v) is 8.24. The van der Waals surface area contributed by atoms with Gasteiger partial charge in [0.15, 0.2) is 0 Å². The molecule has 0 fully saturated rings. The first-order valence-electron chi connectivity index (χ1n) is 8.24. The van der Waals surface area contributed by atoms with E-state index in [1.807, 2.05) is 5.43 Å². The lowest BCUT2D eigenvalue weighted by Gasteiger charge is -2.34. The number of carbonyl (C=O) groups is 2. The predicted molar refractivity (Wildman–Crippen MR) is 97.4 cm³/mol. The topological polar surface area (TPSA) is 79.5 Å². The molecule has 0 aliphatic carbocycles. The van der Waals surface area contributed by atoms with Crippen LogP contribution in [0.15, 0.2) is 48.5 Å².